The van der Waals surface area contributed by atoms with E-state index < -0.39 is 0 Å². The lowest BCUT2D eigenvalue weighted by Gasteiger charge is -2.48. The normalized spacial score (nSPS) is 39.0. The molecule has 2 bridgehead atoms. The van der Waals surface area contributed by atoms with Crippen molar-refractivity contribution >= 4 is 0 Å². The molecule has 4 fully saturated rings. The fraction of sp³-hybridized carbons (Fsp3) is 0.684. The average molecular weight is 301 g/mol. The largest absolute Gasteiger partial charge is 0.303 e. The molecule has 1 aliphatic carbocycles. The Labute approximate surface area is 133 Å². The Morgan fingerprint density at radius 3 is 2.41 bits per heavy atom. The second-order valence-corrected chi connectivity index (χ2v) is 7.48. The Bertz CT molecular complexity index is 483. The van der Waals surface area contributed by atoms with Crippen LogP contribution in [0.4, 0.5) is 0 Å². The van der Waals surface area contributed by atoms with Gasteiger partial charge in [0.25, 0.3) is 0 Å². The number of benzene rings is 1. The predicted octanol–water partition coefficient (Wildman–Crippen LogP) is 3.77. The van der Waals surface area contributed by atoms with Crippen molar-refractivity contribution in [2.75, 3.05) is 19.6 Å². The summed E-state index contributed by atoms with van der Waals surface area (Å²) in [4.78, 5) is 7.71. The fourth-order valence-corrected chi connectivity index (χ4v) is 5.35. The molecular formula is C19H27NO2. The first-order valence-corrected chi connectivity index (χ1v) is 8.94. The van der Waals surface area contributed by atoms with Crippen LogP contribution in [0.3, 0.4) is 0 Å². The van der Waals surface area contributed by atoms with Crippen molar-refractivity contribution in [3.8, 4) is 0 Å². The minimum atomic E-state index is 0.0146. The third kappa shape index (κ3) is 2.60. The fourth-order valence-electron chi connectivity index (χ4n) is 5.35. The molecule has 0 aromatic heterocycles. The lowest BCUT2D eigenvalue weighted by Crippen LogP contribution is -2.53. The highest BCUT2D eigenvalue weighted by Crippen LogP contribution is 2.47. The first kappa shape index (κ1) is 14.7. The summed E-state index contributed by atoms with van der Waals surface area (Å²) < 4.78 is 0. The van der Waals surface area contributed by atoms with Gasteiger partial charge in [0.1, 0.15) is 6.10 Å². The standard InChI is InChI=1S/C19H27NO2/c21-22-19(18-13-20-11-9-15(18)10-12-20)17-8-4-7-16(17)14-5-2-1-3-6-14/h1-3,5-6,15-19,21H,4,7-13H2. The van der Waals surface area contributed by atoms with Gasteiger partial charge in [-0.2, -0.15) is 0 Å². The van der Waals surface area contributed by atoms with Crippen LogP contribution in [0.5, 0.6) is 0 Å². The molecular weight excluding hydrogens is 274 g/mol. The summed E-state index contributed by atoms with van der Waals surface area (Å²) in [6.45, 7) is 3.60. The molecule has 1 N–H and O–H groups in total. The lowest BCUT2D eigenvalue weighted by molar-refractivity contribution is -0.311. The molecule has 120 valence electrons. The van der Waals surface area contributed by atoms with E-state index in [0.29, 0.717) is 17.8 Å². The van der Waals surface area contributed by atoms with Crippen LogP contribution in [0.1, 0.15) is 43.6 Å². The monoisotopic (exact) mass is 301 g/mol. The molecule has 1 aromatic rings. The minimum Gasteiger partial charge on any atom is -0.303 e. The summed E-state index contributed by atoms with van der Waals surface area (Å²) in [5.41, 5.74) is 1.42. The van der Waals surface area contributed by atoms with Crippen molar-refractivity contribution in [1.82, 2.24) is 4.90 Å². The highest BCUT2D eigenvalue weighted by atomic mass is 17.1. The molecule has 3 saturated heterocycles. The zero-order valence-corrected chi connectivity index (χ0v) is 13.2. The number of nitrogens with zero attached hydrogens (tertiary/aromatic N) is 1. The molecule has 4 aliphatic rings. The lowest BCUT2D eigenvalue weighted by atomic mass is 9.70. The Morgan fingerprint density at radius 2 is 1.77 bits per heavy atom. The van der Waals surface area contributed by atoms with E-state index in [2.05, 4.69) is 35.2 Å². The van der Waals surface area contributed by atoms with Crippen molar-refractivity contribution in [2.24, 2.45) is 17.8 Å². The zero-order valence-electron chi connectivity index (χ0n) is 13.2. The summed E-state index contributed by atoms with van der Waals surface area (Å²) in [5.74, 6) is 2.28. The van der Waals surface area contributed by atoms with E-state index in [1.54, 1.807) is 0 Å². The Morgan fingerprint density at radius 1 is 1.00 bits per heavy atom. The summed E-state index contributed by atoms with van der Waals surface area (Å²) in [6.07, 6.45) is 6.26. The minimum absolute atomic E-state index is 0.0146. The van der Waals surface area contributed by atoms with E-state index in [4.69, 9.17) is 4.89 Å². The number of rotatable bonds is 4. The third-order valence-corrected chi connectivity index (χ3v) is 6.47. The van der Waals surface area contributed by atoms with Crippen molar-refractivity contribution < 1.29 is 10.1 Å². The van der Waals surface area contributed by atoms with Crippen molar-refractivity contribution in [1.29, 1.82) is 0 Å². The van der Waals surface area contributed by atoms with Crippen molar-refractivity contribution in [2.45, 2.75) is 44.1 Å². The third-order valence-electron chi connectivity index (χ3n) is 6.47. The van der Waals surface area contributed by atoms with E-state index in [1.165, 1.54) is 50.8 Å². The van der Waals surface area contributed by atoms with Gasteiger partial charge in [-0.05, 0) is 62.1 Å². The quantitative estimate of drug-likeness (QED) is 0.679. The number of hydrogen-bond donors (Lipinski definition) is 1. The van der Waals surface area contributed by atoms with Gasteiger partial charge in [-0.1, -0.05) is 36.8 Å². The number of fused-ring (bicyclic) bond motifs is 3. The van der Waals surface area contributed by atoms with Crippen molar-refractivity contribution in [3.63, 3.8) is 0 Å². The summed E-state index contributed by atoms with van der Waals surface area (Å²) >= 11 is 0. The van der Waals surface area contributed by atoms with E-state index >= 15 is 0 Å². The highest BCUT2D eigenvalue weighted by Gasteiger charge is 2.45. The maximum Gasteiger partial charge on any atom is 0.100 e. The van der Waals surface area contributed by atoms with Gasteiger partial charge >= 0.3 is 0 Å². The maximum atomic E-state index is 9.71. The van der Waals surface area contributed by atoms with Gasteiger partial charge in [0.15, 0.2) is 0 Å². The number of piperidine rings is 3. The van der Waals surface area contributed by atoms with Crippen LogP contribution in [-0.2, 0) is 4.89 Å². The Kier molecular flexibility index (Phi) is 4.21. The van der Waals surface area contributed by atoms with E-state index in [-0.39, 0.29) is 6.10 Å². The summed E-state index contributed by atoms with van der Waals surface area (Å²) in [5, 5.41) is 9.71. The highest BCUT2D eigenvalue weighted by molar-refractivity contribution is 5.22. The van der Waals surface area contributed by atoms with Crippen LogP contribution < -0.4 is 0 Å². The maximum absolute atomic E-state index is 9.71. The summed E-state index contributed by atoms with van der Waals surface area (Å²) in [6, 6.07) is 10.8. The predicted molar refractivity (Wildman–Crippen MR) is 86.7 cm³/mol. The first-order chi connectivity index (χ1) is 10.9. The van der Waals surface area contributed by atoms with Gasteiger partial charge in [0.2, 0.25) is 0 Å². The van der Waals surface area contributed by atoms with E-state index in [0.717, 1.165) is 12.5 Å². The van der Waals surface area contributed by atoms with E-state index in [9.17, 15) is 5.26 Å². The van der Waals surface area contributed by atoms with Gasteiger partial charge in [-0.15, -0.1) is 0 Å². The molecule has 3 aliphatic heterocycles. The van der Waals surface area contributed by atoms with Crippen LogP contribution in [-0.4, -0.2) is 35.9 Å². The van der Waals surface area contributed by atoms with Gasteiger partial charge in [0.05, 0.1) is 0 Å². The van der Waals surface area contributed by atoms with Gasteiger partial charge in [-0.3, -0.25) is 5.26 Å². The van der Waals surface area contributed by atoms with Crippen LogP contribution >= 0.6 is 0 Å². The molecule has 4 unspecified atom stereocenters. The van der Waals surface area contributed by atoms with Crippen LogP contribution in [0.15, 0.2) is 30.3 Å². The van der Waals surface area contributed by atoms with Gasteiger partial charge < -0.3 is 4.90 Å². The molecule has 3 nitrogen and oxygen atoms in total. The first-order valence-electron chi connectivity index (χ1n) is 8.94. The molecule has 5 rings (SSSR count). The molecule has 3 heterocycles. The summed E-state index contributed by atoms with van der Waals surface area (Å²) in [7, 11) is 0. The Hall–Kier alpha value is -0.900. The smallest absolute Gasteiger partial charge is 0.100 e. The van der Waals surface area contributed by atoms with Gasteiger partial charge in [0, 0.05) is 12.5 Å². The van der Waals surface area contributed by atoms with Crippen molar-refractivity contribution in [3.05, 3.63) is 35.9 Å². The molecule has 22 heavy (non-hydrogen) atoms. The molecule has 1 aromatic carbocycles. The van der Waals surface area contributed by atoms with E-state index in [1.807, 2.05) is 0 Å². The molecule has 0 spiro atoms. The molecule has 4 atom stereocenters. The molecule has 1 saturated carbocycles. The van der Waals surface area contributed by atoms with Crippen LogP contribution in [0, 0.1) is 17.8 Å². The number of hydrogen-bond acceptors (Lipinski definition) is 3. The SMILES string of the molecule is OOC(C1CN2CCC1CC2)C1CCCC1c1ccccc1. The average Bonchev–Trinajstić information content (AvgIpc) is 3.07. The zero-order chi connectivity index (χ0) is 14.9. The molecule has 3 heteroatoms. The van der Waals surface area contributed by atoms with Gasteiger partial charge in [-0.25, -0.2) is 4.89 Å². The second-order valence-electron chi connectivity index (χ2n) is 7.48. The Balaban J connectivity index is 1.55. The molecule has 0 amide bonds. The van der Waals surface area contributed by atoms with Crippen LogP contribution in [0.2, 0.25) is 0 Å². The second kappa shape index (κ2) is 6.31. The topological polar surface area (TPSA) is 32.7 Å². The molecule has 0 radical (unpaired) electrons. The van der Waals surface area contributed by atoms with Crippen LogP contribution in [0.25, 0.3) is 0 Å².